The minimum absolute atomic E-state index is 0. The first kappa shape index (κ1) is 22.4. The molecule has 0 spiro atoms. The fraction of sp³-hybridized carbons (Fsp3) is 0. The third kappa shape index (κ3) is 1620. The van der Waals surface area contributed by atoms with Crippen LogP contribution in [-0.2, 0) is 4.57 Å². The van der Waals surface area contributed by atoms with Crippen LogP contribution in [-0.4, -0.2) is 32.0 Å². The molecule has 7 nitrogen and oxygen atoms in total. The molecule has 0 aromatic rings. The second kappa shape index (κ2) is 12.3. The number of rotatable bonds is 0. The van der Waals surface area contributed by atoms with E-state index in [1.165, 1.54) is 12.1 Å². The topological polar surface area (TPSA) is 160 Å². The molecule has 0 aromatic heterocycles. The molecule has 0 aliphatic rings. The Morgan fingerprint density at radius 3 is 1.18 bits per heavy atom. The lowest BCUT2D eigenvalue weighted by atomic mass is 10.9. The van der Waals surface area contributed by atoms with Crippen molar-refractivity contribution in [3.63, 3.8) is 0 Å². The van der Waals surface area contributed by atoms with Gasteiger partial charge in [0.25, 0.3) is 0 Å². The van der Waals surface area contributed by atoms with E-state index in [9.17, 15) is 0 Å². The Labute approximate surface area is 73.8 Å². The zero-order chi connectivity index (χ0) is 7.91. The first-order valence-corrected chi connectivity index (χ1v) is 3.04. The van der Waals surface area contributed by atoms with Crippen LogP contribution in [0.15, 0.2) is 0 Å². The molecule has 3 radical (unpaired) electrons. The monoisotopic (exact) mass is 194 g/mol. The van der Waals surface area contributed by atoms with Crippen molar-refractivity contribution in [1.29, 1.82) is 10.5 Å². The highest BCUT2D eigenvalue weighted by Crippen LogP contribution is 2.25. The summed E-state index contributed by atoms with van der Waals surface area (Å²) in [5.41, 5.74) is 0. The quantitative estimate of drug-likeness (QED) is 0.280. The van der Waals surface area contributed by atoms with Crippen LogP contribution in [0, 0.1) is 22.7 Å². The van der Waals surface area contributed by atoms with Gasteiger partial charge in [-0.3, -0.25) is 0 Å². The van der Waals surface area contributed by atoms with Gasteiger partial charge in [0.2, 0.25) is 0 Å². The van der Waals surface area contributed by atoms with Crippen LogP contribution in [0.4, 0.5) is 0 Å². The maximum atomic E-state index is 8.88. The Hall–Kier alpha value is -0.418. The lowest BCUT2D eigenvalue weighted by Crippen LogP contribution is -1.66. The fourth-order valence-electron chi connectivity index (χ4n) is 0. The Kier molecular flexibility index (Phi) is 25.0. The second-order valence-electron chi connectivity index (χ2n) is 0.737. The molecule has 0 fully saturated rings. The van der Waals surface area contributed by atoms with Crippen LogP contribution in [0.3, 0.4) is 0 Å². The summed E-state index contributed by atoms with van der Waals surface area (Å²) in [5.74, 6) is 0. The smallest absolute Gasteiger partial charge is 0.344 e. The van der Waals surface area contributed by atoms with Crippen LogP contribution in [0.5, 0.6) is 0 Å². The van der Waals surface area contributed by atoms with Gasteiger partial charge in [-0.25, -0.2) is 4.57 Å². The Balaban J connectivity index is -0.0000000383. The van der Waals surface area contributed by atoms with Crippen LogP contribution < -0.4 is 6.15 Å². The number of hydrogen-bond acceptors (Lipinski definition) is 4. The molecular weight excluding hydrogens is 188 g/mol. The number of hydrogen-bond donors (Lipinski definition) is 4. The molecule has 0 aliphatic heterocycles. The van der Waals surface area contributed by atoms with E-state index in [0.29, 0.717) is 0 Å². The maximum absolute atomic E-state index is 8.88. The molecule has 61 valence electrons. The van der Waals surface area contributed by atoms with E-state index in [-0.39, 0.29) is 23.5 Å². The predicted octanol–water partition coefficient (Wildman–Crippen LogP) is -1.11. The first-order chi connectivity index (χ1) is 3.91. The molecule has 0 rings (SSSR count). The van der Waals surface area contributed by atoms with Gasteiger partial charge in [0.1, 0.15) is 0 Å². The molecule has 0 heterocycles. The Morgan fingerprint density at radius 2 is 1.18 bits per heavy atom. The Morgan fingerprint density at radius 1 is 1.09 bits per heavy atom. The van der Waals surface area contributed by atoms with Gasteiger partial charge >= 0.3 is 7.82 Å². The van der Waals surface area contributed by atoms with Crippen LogP contribution in [0.25, 0.3) is 0 Å². The molecule has 0 saturated heterocycles. The normalized spacial score (nSPS) is 6.27. The van der Waals surface area contributed by atoms with E-state index in [0.717, 1.165) is 0 Å². The molecule has 0 bridgehead atoms. The van der Waals surface area contributed by atoms with Gasteiger partial charge in [0.15, 0.2) is 12.1 Å². The zero-order valence-electron chi connectivity index (χ0n) is 5.38. The molecular formula is C2H6AlN3O4P. The minimum atomic E-state index is -4.64. The molecule has 6 N–H and O–H groups in total. The largest absolute Gasteiger partial charge is 0.466 e. The van der Waals surface area contributed by atoms with Crippen molar-refractivity contribution in [3.8, 4) is 12.1 Å². The molecule has 0 aromatic carbocycles. The van der Waals surface area contributed by atoms with Crippen LogP contribution >= 0.6 is 7.82 Å². The molecule has 9 heteroatoms. The van der Waals surface area contributed by atoms with Crippen molar-refractivity contribution in [1.82, 2.24) is 6.15 Å². The first-order valence-electron chi connectivity index (χ1n) is 1.48. The predicted molar refractivity (Wildman–Crippen MR) is 36.3 cm³/mol. The summed E-state index contributed by atoms with van der Waals surface area (Å²) >= 11 is 0. The summed E-state index contributed by atoms with van der Waals surface area (Å²) < 4.78 is 8.88. The third-order valence-corrected chi connectivity index (χ3v) is 0.0500. The van der Waals surface area contributed by atoms with Crippen molar-refractivity contribution in [2.75, 3.05) is 0 Å². The van der Waals surface area contributed by atoms with Gasteiger partial charge < -0.3 is 20.8 Å². The molecule has 11 heavy (non-hydrogen) atoms. The average molecular weight is 194 g/mol. The summed E-state index contributed by atoms with van der Waals surface area (Å²) in [6, 6.07) is 2.47. The number of nitrogens with zero attached hydrogens (tertiary/aromatic N) is 2. The van der Waals surface area contributed by atoms with E-state index >= 15 is 0 Å². The highest BCUT2D eigenvalue weighted by atomic mass is 31.2. The van der Waals surface area contributed by atoms with E-state index in [2.05, 4.69) is 0 Å². The SMILES string of the molecule is N.N#CC#N.O=P(O)(O)O.[Al]. The van der Waals surface area contributed by atoms with Crippen molar-refractivity contribution < 1.29 is 19.2 Å². The van der Waals surface area contributed by atoms with Gasteiger partial charge in [0, 0.05) is 17.4 Å². The number of nitriles is 2. The van der Waals surface area contributed by atoms with Crippen molar-refractivity contribution in [2.24, 2.45) is 0 Å². The van der Waals surface area contributed by atoms with Crippen molar-refractivity contribution in [2.45, 2.75) is 0 Å². The zero-order valence-corrected chi connectivity index (χ0v) is 7.43. The summed E-state index contributed by atoms with van der Waals surface area (Å²) in [5, 5.41) is 14.5. The fourth-order valence-corrected chi connectivity index (χ4v) is 0. The summed E-state index contributed by atoms with van der Waals surface area (Å²) in [7, 11) is -4.64. The highest BCUT2D eigenvalue weighted by Gasteiger charge is 2.00. The summed E-state index contributed by atoms with van der Waals surface area (Å²) in [6.07, 6.45) is 0. The lowest BCUT2D eigenvalue weighted by Gasteiger charge is -1.82. The third-order valence-electron chi connectivity index (χ3n) is 0.0500. The van der Waals surface area contributed by atoms with Crippen molar-refractivity contribution in [3.05, 3.63) is 0 Å². The maximum Gasteiger partial charge on any atom is 0.466 e. The minimum Gasteiger partial charge on any atom is -0.344 e. The van der Waals surface area contributed by atoms with E-state index < -0.39 is 7.82 Å². The average Bonchev–Trinajstić information content (AvgIpc) is 1.61. The molecule has 0 saturated carbocycles. The molecule has 0 amide bonds. The van der Waals surface area contributed by atoms with E-state index in [1.54, 1.807) is 0 Å². The van der Waals surface area contributed by atoms with Gasteiger partial charge in [-0.15, -0.1) is 0 Å². The summed E-state index contributed by atoms with van der Waals surface area (Å²) in [6.45, 7) is 0. The summed E-state index contributed by atoms with van der Waals surface area (Å²) in [4.78, 5) is 21.6. The highest BCUT2D eigenvalue weighted by molar-refractivity contribution is 7.45. The van der Waals surface area contributed by atoms with Gasteiger partial charge in [0.05, 0.1) is 0 Å². The number of phosphoric acid groups is 1. The lowest BCUT2D eigenvalue weighted by molar-refractivity contribution is 0.275. The molecule has 0 atom stereocenters. The second-order valence-corrected chi connectivity index (χ2v) is 1.76. The van der Waals surface area contributed by atoms with E-state index in [4.69, 9.17) is 29.8 Å². The van der Waals surface area contributed by atoms with Crippen LogP contribution in [0.1, 0.15) is 0 Å². The van der Waals surface area contributed by atoms with Crippen molar-refractivity contribution >= 4 is 25.2 Å². The van der Waals surface area contributed by atoms with Gasteiger partial charge in [-0.1, -0.05) is 0 Å². The Bertz CT molecular complexity index is 168. The molecule has 0 aliphatic carbocycles. The van der Waals surface area contributed by atoms with E-state index in [1.807, 2.05) is 0 Å². The van der Waals surface area contributed by atoms with Gasteiger partial charge in [-0.05, 0) is 0 Å². The van der Waals surface area contributed by atoms with Crippen LogP contribution in [0.2, 0.25) is 0 Å². The van der Waals surface area contributed by atoms with Gasteiger partial charge in [-0.2, -0.15) is 10.5 Å². The standard InChI is InChI=1S/C2N2.Al.H3N.H3O4P/c3-1-2-4;;;1-5(2,3)4/h;;1H3;(H3,1,2,3,4). The molecule has 0 unspecified atom stereocenters.